The molecule has 0 aliphatic carbocycles. The smallest absolute Gasteiger partial charge is 0.235 e. The fourth-order valence-electron chi connectivity index (χ4n) is 2.70. The van der Waals surface area contributed by atoms with E-state index < -0.39 is 0 Å². The van der Waals surface area contributed by atoms with Gasteiger partial charge in [0.25, 0.3) is 0 Å². The van der Waals surface area contributed by atoms with E-state index in [4.69, 9.17) is 11.6 Å². The van der Waals surface area contributed by atoms with Crippen molar-refractivity contribution in [3.8, 4) is 17.1 Å². The van der Waals surface area contributed by atoms with Crippen LogP contribution in [-0.4, -0.2) is 44.9 Å². The summed E-state index contributed by atoms with van der Waals surface area (Å²) in [4.78, 5) is 13.9. The third-order valence-corrected chi connectivity index (χ3v) is 5.35. The Morgan fingerprint density at radius 2 is 1.85 bits per heavy atom. The van der Waals surface area contributed by atoms with Crippen LogP contribution in [0.1, 0.15) is 12.5 Å². The Morgan fingerprint density at radius 1 is 1.15 bits per heavy atom. The van der Waals surface area contributed by atoms with Crippen molar-refractivity contribution in [2.24, 2.45) is 0 Å². The van der Waals surface area contributed by atoms with Crippen LogP contribution in [0.5, 0.6) is 0 Å². The lowest BCUT2D eigenvalue weighted by Gasteiger charge is -2.17. The van der Waals surface area contributed by atoms with Gasteiger partial charge in [-0.25, -0.2) is 0 Å². The molecule has 5 nitrogen and oxygen atoms in total. The number of carbonyl (C=O) groups excluding carboxylic acids is 1. The molecule has 0 N–H and O–H groups in total. The Morgan fingerprint density at radius 3 is 2.48 bits per heavy atom. The number of thioether (sulfide) groups is 1. The molecule has 1 heterocycles. The molecule has 27 heavy (non-hydrogen) atoms. The van der Waals surface area contributed by atoms with Crippen molar-refractivity contribution in [3.63, 3.8) is 0 Å². The molecule has 0 spiro atoms. The van der Waals surface area contributed by atoms with Crippen LogP contribution in [0.4, 0.5) is 0 Å². The molecule has 3 aromatic rings. The van der Waals surface area contributed by atoms with Gasteiger partial charge in [-0.15, -0.1) is 10.2 Å². The van der Waals surface area contributed by atoms with E-state index in [0.717, 1.165) is 16.8 Å². The molecule has 1 unspecified atom stereocenters. The van der Waals surface area contributed by atoms with Gasteiger partial charge in [0.1, 0.15) is 0 Å². The molecule has 3 rings (SSSR count). The Labute approximate surface area is 168 Å². The summed E-state index contributed by atoms with van der Waals surface area (Å²) in [7, 11) is 3.51. The van der Waals surface area contributed by atoms with Crippen molar-refractivity contribution in [1.82, 2.24) is 19.7 Å². The number of benzene rings is 2. The number of halogens is 1. The van der Waals surface area contributed by atoms with Crippen LogP contribution < -0.4 is 0 Å². The summed E-state index contributed by atoms with van der Waals surface area (Å²) in [5, 5.41) is 9.85. The van der Waals surface area contributed by atoms with Crippen LogP contribution >= 0.6 is 23.4 Å². The first-order valence-corrected chi connectivity index (χ1v) is 9.79. The predicted molar refractivity (Wildman–Crippen MR) is 111 cm³/mol. The molecular weight excluding hydrogens is 380 g/mol. The van der Waals surface area contributed by atoms with Gasteiger partial charge in [-0.3, -0.25) is 9.36 Å². The van der Waals surface area contributed by atoms with E-state index in [-0.39, 0.29) is 11.2 Å². The molecule has 1 aromatic heterocycles. The first-order chi connectivity index (χ1) is 12.9. The van der Waals surface area contributed by atoms with Gasteiger partial charge in [-0.2, -0.15) is 0 Å². The maximum Gasteiger partial charge on any atom is 0.235 e. The lowest BCUT2D eigenvalue weighted by Crippen LogP contribution is -2.29. The Hall–Kier alpha value is -2.31. The molecule has 2 aromatic carbocycles. The number of amides is 1. The molecular formula is C20H21ClN4OS. The minimum atomic E-state index is -0.272. The van der Waals surface area contributed by atoms with Crippen LogP contribution in [0, 0.1) is 6.92 Å². The molecule has 0 radical (unpaired) electrons. The normalized spacial score (nSPS) is 12.0. The van der Waals surface area contributed by atoms with Crippen molar-refractivity contribution in [2.45, 2.75) is 24.3 Å². The Kier molecular flexibility index (Phi) is 5.87. The van der Waals surface area contributed by atoms with Gasteiger partial charge in [-0.1, -0.05) is 35.5 Å². The lowest BCUT2D eigenvalue weighted by molar-refractivity contribution is -0.127. The Bertz CT molecular complexity index is 953. The zero-order chi connectivity index (χ0) is 19.6. The summed E-state index contributed by atoms with van der Waals surface area (Å²) >= 11 is 7.42. The number of carbonyl (C=O) groups is 1. The first kappa shape index (κ1) is 19.5. The van der Waals surface area contributed by atoms with Crippen LogP contribution in [0.2, 0.25) is 5.02 Å². The van der Waals surface area contributed by atoms with Gasteiger partial charge < -0.3 is 4.90 Å². The van der Waals surface area contributed by atoms with Crippen molar-refractivity contribution in [1.29, 1.82) is 0 Å². The van der Waals surface area contributed by atoms with Crippen molar-refractivity contribution >= 4 is 29.3 Å². The molecule has 0 fully saturated rings. The second-order valence-electron chi connectivity index (χ2n) is 6.48. The van der Waals surface area contributed by atoms with E-state index in [1.807, 2.05) is 60.9 Å². The van der Waals surface area contributed by atoms with Crippen LogP contribution in [-0.2, 0) is 4.79 Å². The molecule has 7 heteroatoms. The molecule has 1 atom stereocenters. The van der Waals surface area contributed by atoms with Gasteiger partial charge in [0.05, 0.1) is 5.25 Å². The highest BCUT2D eigenvalue weighted by atomic mass is 35.5. The molecule has 1 amide bonds. The van der Waals surface area contributed by atoms with Crippen LogP contribution in [0.15, 0.2) is 53.7 Å². The van der Waals surface area contributed by atoms with Crippen LogP contribution in [0.3, 0.4) is 0 Å². The summed E-state index contributed by atoms with van der Waals surface area (Å²) in [6.45, 7) is 3.92. The average molecular weight is 401 g/mol. The second kappa shape index (κ2) is 8.15. The Balaban J connectivity index is 2.09. The van der Waals surface area contributed by atoms with Gasteiger partial charge in [0.15, 0.2) is 11.0 Å². The summed E-state index contributed by atoms with van der Waals surface area (Å²) in [5.74, 6) is 0.746. The SMILES string of the molecule is Cc1cccc(-n2c(SC(C)C(=O)N(C)C)nnc2-c2ccc(Cl)cc2)c1. The van der Waals surface area contributed by atoms with E-state index in [9.17, 15) is 4.79 Å². The maximum absolute atomic E-state index is 12.3. The number of aryl methyl sites for hydroxylation is 1. The molecule has 0 bridgehead atoms. The quantitative estimate of drug-likeness (QED) is 0.593. The summed E-state index contributed by atoms with van der Waals surface area (Å²) in [6.07, 6.45) is 0. The zero-order valence-corrected chi connectivity index (χ0v) is 17.3. The minimum Gasteiger partial charge on any atom is -0.348 e. The van der Waals surface area contributed by atoms with E-state index in [0.29, 0.717) is 16.0 Å². The third-order valence-electron chi connectivity index (χ3n) is 4.07. The zero-order valence-electron chi connectivity index (χ0n) is 15.7. The molecule has 0 saturated heterocycles. The minimum absolute atomic E-state index is 0.0341. The van der Waals surface area contributed by atoms with Gasteiger partial charge in [0, 0.05) is 30.4 Å². The van der Waals surface area contributed by atoms with E-state index in [2.05, 4.69) is 16.3 Å². The van der Waals surface area contributed by atoms with Gasteiger partial charge in [-0.05, 0) is 55.8 Å². The predicted octanol–water partition coefficient (Wildman–Crippen LogP) is 4.46. The number of rotatable bonds is 5. The molecule has 140 valence electrons. The lowest BCUT2D eigenvalue weighted by atomic mass is 10.2. The number of nitrogens with zero attached hydrogens (tertiary/aromatic N) is 4. The standard InChI is InChI=1S/C20H21ClN4OS/c1-13-6-5-7-17(12-13)25-18(15-8-10-16(21)11-9-15)22-23-20(25)27-14(2)19(26)24(3)4/h5-12,14H,1-4H3. The summed E-state index contributed by atoms with van der Waals surface area (Å²) < 4.78 is 1.99. The number of hydrogen-bond acceptors (Lipinski definition) is 4. The molecule has 0 aliphatic rings. The van der Waals surface area contributed by atoms with E-state index in [1.165, 1.54) is 11.8 Å². The number of hydrogen-bond donors (Lipinski definition) is 0. The van der Waals surface area contributed by atoms with Crippen molar-refractivity contribution in [2.75, 3.05) is 14.1 Å². The van der Waals surface area contributed by atoms with Crippen molar-refractivity contribution < 1.29 is 4.79 Å². The highest BCUT2D eigenvalue weighted by Gasteiger charge is 2.22. The molecule has 0 saturated carbocycles. The van der Waals surface area contributed by atoms with E-state index >= 15 is 0 Å². The highest BCUT2D eigenvalue weighted by molar-refractivity contribution is 8.00. The molecule has 0 aliphatic heterocycles. The largest absolute Gasteiger partial charge is 0.348 e. The second-order valence-corrected chi connectivity index (χ2v) is 8.22. The number of aromatic nitrogens is 3. The van der Waals surface area contributed by atoms with Crippen LogP contribution in [0.25, 0.3) is 17.1 Å². The van der Waals surface area contributed by atoms with Crippen molar-refractivity contribution in [3.05, 3.63) is 59.1 Å². The third kappa shape index (κ3) is 4.34. The fraction of sp³-hybridized carbons (Fsp3) is 0.250. The monoisotopic (exact) mass is 400 g/mol. The maximum atomic E-state index is 12.3. The average Bonchev–Trinajstić information content (AvgIpc) is 3.05. The topological polar surface area (TPSA) is 51.0 Å². The van der Waals surface area contributed by atoms with Gasteiger partial charge in [0.2, 0.25) is 5.91 Å². The fourth-order valence-corrected chi connectivity index (χ4v) is 3.84. The highest BCUT2D eigenvalue weighted by Crippen LogP contribution is 2.31. The summed E-state index contributed by atoms with van der Waals surface area (Å²) in [6, 6.07) is 15.6. The van der Waals surface area contributed by atoms with E-state index in [1.54, 1.807) is 19.0 Å². The van der Waals surface area contributed by atoms with Gasteiger partial charge >= 0.3 is 0 Å². The summed E-state index contributed by atoms with van der Waals surface area (Å²) in [5.41, 5.74) is 3.00. The first-order valence-electron chi connectivity index (χ1n) is 8.53.